The Morgan fingerprint density at radius 3 is 2.65 bits per heavy atom. The first-order chi connectivity index (χ1) is 11.2. The highest BCUT2D eigenvalue weighted by Crippen LogP contribution is 2.12. The van der Waals surface area contributed by atoms with E-state index < -0.39 is 0 Å². The van der Waals surface area contributed by atoms with Crippen molar-refractivity contribution in [2.45, 2.75) is 0 Å². The Kier molecular flexibility index (Phi) is 4.49. The highest BCUT2D eigenvalue weighted by molar-refractivity contribution is 6.30. The van der Waals surface area contributed by atoms with Crippen molar-refractivity contribution in [3.63, 3.8) is 0 Å². The zero-order chi connectivity index (χ0) is 16.1. The van der Waals surface area contributed by atoms with Gasteiger partial charge in [0.25, 0.3) is 0 Å². The Morgan fingerprint density at radius 1 is 1.17 bits per heavy atom. The number of pyridine rings is 1. The third kappa shape index (κ3) is 4.04. The zero-order valence-corrected chi connectivity index (χ0v) is 12.7. The summed E-state index contributed by atoms with van der Waals surface area (Å²) in [5, 5.41) is 10.3. The molecule has 3 rings (SSSR count). The van der Waals surface area contributed by atoms with Gasteiger partial charge in [-0.3, -0.25) is 4.79 Å². The molecule has 7 nitrogen and oxygen atoms in total. The maximum absolute atomic E-state index is 11.9. The molecule has 0 fully saturated rings. The average Bonchev–Trinajstić information content (AvgIpc) is 3.10. The normalized spacial score (nSPS) is 10.3. The largest absolute Gasteiger partial charge is 0.376 e. The first-order valence-corrected chi connectivity index (χ1v) is 7.19. The summed E-state index contributed by atoms with van der Waals surface area (Å²) in [6.07, 6.45) is 4.57. The summed E-state index contributed by atoms with van der Waals surface area (Å²) >= 11 is 5.74. The lowest BCUT2D eigenvalue weighted by Gasteiger charge is -2.08. The second-order valence-electron chi connectivity index (χ2n) is 4.65. The van der Waals surface area contributed by atoms with E-state index in [2.05, 4.69) is 25.7 Å². The van der Waals surface area contributed by atoms with Crippen LogP contribution in [0, 0.1) is 0 Å². The summed E-state index contributed by atoms with van der Waals surface area (Å²) in [5.74, 6) is 0.267. The van der Waals surface area contributed by atoms with Crippen LogP contribution >= 0.6 is 11.6 Å². The van der Waals surface area contributed by atoms with Crippen molar-refractivity contribution < 1.29 is 4.79 Å². The molecule has 2 N–H and O–H groups in total. The number of anilines is 2. The number of amides is 1. The van der Waals surface area contributed by atoms with E-state index in [-0.39, 0.29) is 12.5 Å². The average molecular weight is 329 g/mol. The fourth-order valence-electron chi connectivity index (χ4n) is 1.89. The number of aromatic nitrogens is 4. The molecule has 0 bridgehead atoms. The monoisotopic (exact) mass is 328 g/mol. The van der Waals surface area contributed by atoms with E-state index in [0.29, 0.717) is 10.8 Å². The first kappa shape index (κ1) is 15.0. The topological polar surface area (TPSA) is 84.7 Å². The first-order valence-electron chi connectivity index (χ1n) is 6.81. The van der Waals surface area contributed by atoms with E-state index in [1.807, 2.05) is 24.3 Å². The molecule has 1 amide bonds. The van der Waals surface area contributed by atoms with Crippen LogP contribution in [-0.4, -0.2) is 32.2 Å². The molecule has 0 radical (unpaired) electrons. The Bertz CT molecular complexity index is 771. The van der Waals surface area contributed by atoms with Crippen LogP contribution in [0.15, 0.2) is 55.2 Å². The standard InChI is InChI=1S/C15H13ClN6O/c16-11-1-6-14(19-7-11)21-15(23)8-18-12-2-4-13(5-3-12)22-10-17-9-20-22/h1-7,9-10,18H,8H2,(H,19,21,23). The van der Waals surface area contributed by atoms with Crippen LogP contribution in [0.3, 0.4) is 0 Å². The maximum atomic E-state index is 11.9. The van der Waals surface area contributed by atoms with E-state index in [1.165, 1.54) is 12.5 Å². The molecular formula is C15H13ClN6O. The Morgan fingerprint density at radius 2 is 2.00 bits per heavy atom. The van der Waals surface area contributed by atoms with Gasteiger partial charge in [0, 0.05) is 11.9 Å². The molecule has 1 aromatic carbocycles. The van der Waals surface area contributed by atoms with Crippen LogP contribution in [0.4, 0.5) is 11.5 Å². The number of rotatable bonds is 5. The molecule has 0 aliphatic rings. The van der Waals surface area contributed by atoms with Gasteiger partial charge in [-0.25, -0.2) is 14.6 Å². The minimum atomic E-state index is -0.194. The van der Waals surface area contributed by atoms with Gasteiger partial charge < -0.3 is 10.6 Å². The van der Waals surface area contributed by atoms with Gasteiger partial charge in [-0.05, 0) is 36.4 Å². The number of benzene rings is 1. The van der Waals surface area contributed by atoms with Crippen LogP contribution in [0.25, 0.3) is 5.69 Å². The van der Waals surface area contributed by atoms with Crippen molar-refractivity contribution in [1.29, 1.82) is 0 Å². The Labute approximate surface area is 137 Å². The molecular weight excluding hydrogens is 316 g/mol. The van der Waals surface area contributed by atoms with Crippen molar-refractivity contribution in [2.24, 2.45) is 0 Å². The van der Waals surface area contributed by atoms with Crippen molar-refractivity contribution >= 4 is 29.0 Å². The molecule has 0 saturated carbocycles. The number of carbonyl (C=O) groups is 1. The van der Waals surface area contributed by atoms with Crippen molar-refractivity contribution in [2.75, 3.05) is 17.2 Å². The molecule has 0 saturated heterocycles. The fourth-order valence-corrected chi connectivity index (χ4v) is 2.00. The van der Waals surface area contributed by atoms with Gasteiger partial charge in [0.1, 0.15) is 18.5 Å². The predicted molar refractivity (Wildman–Crippen MR) is 87.7 cm³/mol. The number of halogens is 1. The minimum absolute atomic E-state index is 0.132. The summed E-state index contributed by atoms with van der Waals surface area (Å²) in [7, 11) is 0. The van der Waals surface area contributed by atoms with Crippen LogP contribution in [0.5, 0.6) is 0 Å². The summed E-state index contributed by atoms with van der Waals surface area (Å²) in [6.45, 7) is 0.132. The van der Waals surface area contributed by atoms with E-state index in [9.17, 15) is 4.79 Å². The highest BCUT2D eigenvalue weighted by Gasteiger charge is 2.04. The van der Waals surface area contributed by atoms with E-state index in [1.54, 1.807) is 23.1 Å². The Hall–Kier alpha value is -2.93. The molecule has 2 aromatic heterocycles. The highest BCUT2D eigenvalue weighted by atomic mass is 35.5. The van der Waals surface area contributed by atoms with Crippen LogP contribution in [-0.2, 0) is 4.79 Å². The van der Waals surface area contributed by atoms with Crippen molar-refractivity contribution in [3.8, 4) is 5.69 Å². The van der Waals surface area contributed by atoms with E-state index >= 15 is 0 Å². The van der Waals surface area contributed by atoms with Gasteiger partial charge in [-0.2, -0.15) is 5.10 Å². The number of nitrogens with one attached hydrogen (secondary N) is 2. The van der Waals surface area contributed by atoms with Gasteiger partial charge in [0.15, 0.2) is 0 Å². The van der Waals surface area contributed by atoms with Crippen LogP contribution < -0.4 is 10.6 Å². The van der Waals surface area contributed by atoms with Crippen LogP contribution in [0.2, 0.25) is 5.02 Å². The number of hydrogen-bond acceptors (Lipinski definition) is 5. The van der Waals surface area contributed by atoms with E-state index in [4.69, 9.17) is 11.6 Å². The zero-order valence-electron chi connectivity index (χ0n) is 12.0. The molecule has 0 aliphatic heterocycles. The number of nitrogens with zero attached hydrogens (tertiary/aromatic N) is 4. The third-order valence-electron chi connectivity index (χ3n) is 3.00. The van der Waals surface area contributed by atoms with Gasteiger partial charge >= 0.3 is 0 Å². The van der Waals surface area contributed by atoms with Gasteiger partial charge in [0.05, 0.1) is 17.3 Å². The van der Waals surface area contributed by atoms with Crippen LogP contribution in [0.1, 0.15) is 0 Å². The van der Waals surface area contributed by atoms with Crippen molar-refractivity contribution in [1.82, 2.24) is 19.7 Å². The van der Waals surface area contributed by atoms with Gasteiger partial charge in [-0.15, -0.1) is 0 Å². The fraction of sp³-hybridized carbons (Fsp3) is 0.0667. The quantitative estimate of drug-likeness (QED) is 0.751. The lowest BCUT2D eigenvalue weighted by atomic mass is 10.3. The van der Waals surface area contributed by atoms with Gasteiger partial charge in [-0.1, -0.05) is 11.6 Å². The lowest BCUT2D eigenvalue weighted by molar-refractivity contribution is -0.114. The van der Waals surface area contributed by atoms with E-state index in [0.717, 1.165) is 11.4 Å². The second-order valence-corrected chi connectivity index (χ2v) is 5.09. The number of hydrogen-bond donors (Lipinski definition) is 2. The molecule has 0 atom stereocenters. The van der Waals surface area contributed by atoms with Gasteiger partial charge in [0.2, 0.25) is 5.91 Å². The molecule has 2 heterocycles. The smallest absolute Gasteiger partial charge is 0.244 e. The molecule has 3 aromatic rings. The molecule has 23 heavy (non-hydrogen) atoms. The molecule has 0 aliphatic carbocycles. The summed E-state index contributed by atoms with van der Waals surface area (Å²) < 4.78 is 1.66. The summed E-state index contributed by atoms with van der Waals surface area (Å²) in [6, 6.07) is 10.8. The SMILES string of the molecule is O=C(CNc1ccc(-n2cncn2)cc1)Nc1ccc(Cl)cn1. The second kappa shape index (κ2) is 6.89. The minimum Gasteiger partial charge on any atom is -0.376 e. The molecule has 0 unspecified atom stereocenters. The summed E-state index contributed by atoms with van der Waals surface area (Å²) in [4.78, 5) is 19.8. The third-order valence-corrected chi connectivity index (χ3v) is 3.22. The molecule has 0 spiro atoms. The summed E-state index contributed by atoms with van der Waals surface area (Å²) in [5.41, 5.74) is 1.72. The molecule has 8 heteroatoms. The maximum Gasteiger partial charge on any atom is 0.244 e. The van der Waals surface area contributed by atoms with Crippen molar-refractivity contribution in [3.05, 3.63) is 60.3 Å². The molecule has 116 valence electrons. The number of carbonyl (C=O) groups excluding carboxylic acids is 1. The predicted octanol–water partition coefficient (Wildman–Crippen LogP) is 2.37. The Balaban J connectivity index is 1.53. The lowest BCUT2D eigenvalue weighted by Crippen LogP contribution is -2.22.